The molecule has 0 bridgehead atoms. The van der Waals surface area contributed by atoms with Crippen LogP contribution in [0.5, 0.6) is 0 Å². The minimum atomic E-state index is -0.793. The first kappa shape index (κ1) is 79.3. The molecule has 0 aliphatic rings. The van der Waals surface area contributed by atoms with Crippen LogP contribution in [0.1, 0.15) is 355 Å². The van der Waals surface area contributed by atoms with Crippen LogP contribution in [0.3, 0.4) is 0 Å². The molecule has 0 saturated heterocycles. The number of hydrogen-bond donors (Lipinski definition) is 0. The van der Waals surface area contributed by atoms with Crippen molar-refractivity contribution in [2.75, 3.05) is 13.2 Å². The van der Waals surface area contributed by atoms with Crippen LogP contribution in [0.2, 0.25) is 0 Å². The number of esters is 3. The third-order valence-corrected chi connectivity index (χ3v) is 15.5. The third kappa shape index (κ3) is 69.0. The molecule has 478 valence electrons. The van der Waals surface area contributed by atoms with Gasteiger partial charge in [0.15, 0.2) is 6.10 Å². The van der Waals surface area contributed by atoms with Gasteiger partial charge in [0.1, 0.15) is 13.2 Å². The highest BCUT2D eigenvalue weighted by Crippen LogP contribution is 2.17. The van der Waals surface area contributed by atoms with Crippen molar-refractivity contribution in [1.82, 2.24) is 0 Å². The van der Waals surface area contributed by atoms with Crippen molar-refractivity contribution in [3.05, 3.63) is 97.2 Å². The van der Waals surface area contributed by atoms with E-state index in [4.69, 9.17) is 14.2 Å². The second-order valence-corrected chi connectivity index (χ2v) is 23.8. The van der Waals surface area contributed by atoms with Crippen LogP contribution < -0.4 is 0 Å². The molecular weight excluding hydrogens is 1020 g/mol. The van der Waals surface area contributed by atoms with Crippen molar-refractivity contribution >= 4 is 17.9 Å². The van der Waals surface area contributed by atoms with Crippen LogP contribution >= 0.6 is 0 Å². The van der Waals surface area contributed by atoms with Crippen molar-refractivity contribution in [1.29, 1.82) is 0 Å². The SMILES string of the molecule is CC/C=C\C/C=C\C/C=C\C/C=C\CCCCCCCCC(=O)OC(COC(=O)CCCCCCC/C=C\C/C=C\CCCCC)COC(=O)CCCCCCCCCCCCCCCCCCCCC/C=C\C/C=C\CCCCCCC. The standard InChI is InChI=1S/C77H134O6/c1-4-7-10-13-16-19-22-25-28-30-32-33-34-35-36-37-38-39-40-41-42-43-45-46-49-52-55-58-61-64-67-70-76(79)82-73-74(72-81-75(78)69-66-63-60-57-54-51-48-27-24-21-18-15-12-9-6-3)83-77(80)71-68-65-62-59-56-53-50-47-44-31-29-26-23-20-17-14-11-8-5-2/h8,11,17-18,20-22,25-27,29-30,32,44,47-48,74H,4-7,9-10,12-16,19,23-24,28,31,33-43,45-46,49-73H2,1-3H3/b11-8-,20-17-,21-18-,25-22-,29-26-,32-30-,47-44-,48-27-. The summed E-state index contributed by atoms with van der Waals surface area (Å²) in [6.45, 7) is 6.51. The first-order valence-corrected chi connectivity index (χ1v) is 35.7. The van der Waals surface area contributed by atoms with E-state index in [-0.39, 0.29) is 31.1 Å². The largest absolute Gasteiger partial charge is 0.462 e. The molecule has 83 heavy (non-hydrogen) atoms. The van der Waals surface area contributed by atoms with Gasteiger partial charge in [-0.25, -0.2) is 0 Å². The normalized spacial score (nSPS) is 12.7. The summed E-state index contributed by atoms with van der Waals surface area (Å²) < 4.78 is 17.0. The summed E-state index contributed by atoms with van der Waals surface area (Å²) in [6.07, 6.45) is 95.8. The number of hydrogen-bond acceptors (Lipinski definition) is 6. The summed E-state index contributed by atoms with van der Waals surface area (Å²) in [5.74, 6) is -0.899. The van der Waals surface area contributed by atoms with Crippen LogP contribution in [-0.2, 0) is 28.6 Å². The summed E-state index contributed by atoms with van der Waals surface area (Å²) in [5.41, 5.74) is 0. The van der Waals surface area contributed by atoms with E-state index in [0.29, 0.717) is 19.3 Å². The molecule has 1 atom stereocenters. The van der Waals surface area contributed by atoms with Gasteiger partial charge < -0.3 is 14.2 Å². The topological polar surface area (TPSA) is 78.9 Å². The number of carbonyl (C=O) groups excluding carboxylic acids is 3. The molecule has 0 spiro atoms. The smallest absolute Gasteiger partial charge is 0.306 e. The maximum atomic E-state index is 12.9. The number of rotatable bonds is 65. The molecule has 0 N–H and O–H groups in total. The first-order chi connectivity index (χ1) is 41.0. The number of allylic oxidation sites excluding steroid dienone is 16. The number of ether oxygens (including phenoxy) is 3. The van der Waals surface area contributed by atoms with E-state index in [2.05, 4.69) is 118 Å². The lowest BCUT2D eigenvalue weighted by atomic mass is 10.0. The van der Waals surface area contributed by atoms with Crippen molar-refractivity contribution in [2.24, 2.45) is 0 Å². The van der Waals surface area contributed by atoms with E-state index in [9.17, 15) is 14.4 Å². The van der Waals surface area contributed by atoms with Crippen LogP contribution in [0.25, 0.3) is 0 Å². The summed E-state index contributed by atoms with van der Waals surface area (Å²) in [6, 6.07) is 0. The Morgan fingerprint density at radius 2 is 0.470 bits per heavy atom. The van der Waals surface area contributed by atoms with E-state index in [1.807, 2.05) is 0 Å². The molecule has 0 heterocycles. The number of unbranched alkanes of at least 4 members (excludes halogenated alkanes) is 38. The molecule has 0 aliphatic heterocycles. The zero-order valence-corrected chi connectivity index (χ0v) is 54.9. The van der Waals surface area contributed by atoms with Crippen LogP contribution in [0.15, 0.2) is 97.2 Å². The van der Waals surface area contributed by atoms with Gasteiger partial charge in [0.05, 0.1) is 0 Å². The lowest BCUT2D eigenvalue weighted by Crippen LogP contribution is -2.30. The van der Waals surface area contributed by atoms with Crippen LogP contribution in [0, 0.1) is 0 Å². The van der Waals surface area contributed by atoms with Gasteiger partial charge in [-0.1, -0.05) is 311 Å². The molecule has 6 heteroatoms. The monoisotopic (exact) mass is 1160 g/mol. The van der Waals surface area contributed by atoms with Gasteiger partial charge in [-0.3, -0.25) is 14.4 Å². The Morgan fingerprint density at radius 1 is 0.253 bits per heavy atom. The zero-order valence-electron chi connectivity index (χ0n) is 54.9. The highest BCUT2D eigenvalue weighted by Gasteiger charge is 2.19. The first-order valence-electron chi connectivity index (χ1n) is 35.7. The Labute approximate surface area is 515 Å². The fourth-order valence-corrected chi connectivity index (χ4v) is 10.2. The fraction of sp³-hybridized carbons (Fsp3) is 0.753. The summed E-state index contributed by atoms with van der Waals surface area (Å²) in [4.78, 5) is 38.4. The number of carbonyl (C=O) groups is 3. The minimum Gasteiger partial charge on any atom is -0.462 e. The molecule has 0 radical (unpaired) electrons. The maximum Gasteiger partial charge on any atom is 0.306 e. The molecule has 0 aromatic heterocycles. The average Bonchev–Trinajstić information content (AvgIpc) is 3.49. The molecule has 0 rings (SSSR count). The second kappa shape index (κ2) is 70.8. The Hall–Kier alpha value is -3.67. The predicted octanol–water partition coefficient (Wildman–Crippen LogP) is 24.8. The highest BCUT2D eigenvalue weighted by molar-refractivity contribution is 5.71. The molecule has 0 amide bonds. The predicted molar refractivity (Wildman–Crippen MR) is 362 cm³/mol. The molecule has 0 aliphatic carbocycles. The maximum absolute atomic E-state index is 12.9. The fourth-order valence-electron chi connectivity index (χ4n) is 10.2. The summed E-state index contributed by atoms with van der Waals surface area (Å²) in [7, 11) is 0. The molecule has 0 saturated carbocycles. The Kier molecular flexibility index (Phi) is 67.7. The third-order valence-electron chi connectivity index (χ3n) is 15.5. The van der Waals surface area contributed by atoms with Gasteiger partial charge >= 0.3 is 17.9 Å². The molecule has 6 nitrogen and oxygen atoms in total. The quantitative estimate of drug-likeness (QED) is 0.0261. The highest BCUT2D eigenvalue weighted by atomic mass is 16.6. The Balaban J connectivity index is 4.25. The van der Waals surface area contributed by atoms with Crippen molar-refractivity contribution in [3.63, 3.8) is 0 Å². The van der Waals surface area contributed by atoms with Crippen molar-refractivity contribution in [2.45, 2.75) is 361 Å². The van der Waals surface area contributed by atoms with E-state index in [0.717, 1.165) is 122 Å². The average molecular weight is 1160 g/mol. The van der Waals surface area contributed by atoms with E-state index in [1.165, 1.54) is 193 Å². The molecule has 0 fully saturated rings. The van der Waals surface area contributed by atoms with Gasteiger partial charge in [0, 0.05) is 19.3 Å². The van der Waals surface area contributed by atoms with E-state index < -0.39 is 6.10 Å². The minimum absolute atomic E-state index is 0.0857. The Bertz CT molecular complexity index is 1610. The molecular formula is C77H134O6. The molecule has 0 aromatic rings. The lowest BCUT2D eigenvalue weighted by Gasteiger charge is -2.18. The van der Waals surface area contributed by atoms with Gasteiger partial charge in [0.2, 0.25) is 0 Å². The van der Waals surface area contributed by atoms with Crippen LogP contribution in [-0.4, -0.2) is 37.2 Å². The Morgan fingerprint density at radius 3 is 0.759 bits per heavy atom. The second-order valence-electron chi connectivity index (χ2n) is 23.8. The van der Waals surface area contributed by atoms with Crippen LogP contribution in [0.4, 0.5) is 0 Å². The summed E-state index contributed by atoms with van der Waals surface area (Å²) >= 11 is 0. The summed E-state index contributed by atoms with van der Waals surface area (Å²) in [5, 5.41) is 0. The van der Waals surface area contributed by atoms with Crippen molar-refractivity contribution in [3.8, 4) is 0 Å². The van der Waals surface area contributed by atoms with Gasteiger partial charge in [-0.15, -0.1) is 0 Å². The molecule has 0 aromatic carbocycles. The lowest BCUT2D eigenvalue weighted by molar-refractivity contribution is -0.167. The zero-order chi connectivity index (χ0) is 59.9. The van der Waals surface area contributed by atoms with E-state index >= 15 is 0 Å². The van der Waals surface area contributed by atoms with Gasteiger partial charge in [-0.05, 0) is 122 Å². The molecule has 1 unspecified atom stereocenters. The van der Waals surface area contributed by atoms with Gasteiger partial charge in [-0.2, -0.15) is 0 Å². The van der Waals surface area contributed by atoms with Gasteiger partial charge in [0.25, 0.3) is 0 Å². The van der Waals surface area contributed by atoms with Crippen molar-refractivity contribution < 1.29 is 28.6 Å². The van der Waals surface area contributed by atoms with E-state index in [1.54, 1.807) is 0 Å².